The second-order valence-corrected chi connectivity index (χ2v) is 5.71. The zero-order chi connectivity index (χ0) is 13.0. The van der Waals surface area contributed by atoms with E-state index in [0.29, 0.717) is 12.5 Å². The molecule has 1 unspecified atom stereocenters. The molecule has 0 aliphatic carbocycles. The summed E-state index contributed by atoms with van der Waals surface area (Å²) in [6.45, 7) is 1.59. The Morgan fingerprint density at radius 3 is 2.50 bits per heavy atom. The largest absolute Gasteiger partial charge is 0.416 e. The Labute approximate surface area is 109 Å². The number of halogens is 3. The Morgan fingerprint density at radius 2 is 1.94 bits per heavy atom. The lowest BCUT2D eigenvalue weighted by Gasteiger charge is -2.11. The minimum Gasteiger partial charge on any atom is -0.312 e. The van der Waals surface area contributed by atoms with Gasteiger partial charge in [-0.15, -0.1) is 0 Å². The first-order chi connectivity index (χ1) is 8.55. The molecule has 1 atom stereocenters. The van der Waals surface area contributed by atoms with Gasteiger partial charge in [0.2, 0.25) is 0 Å². The molecule has 0 aromatic heterocycles. The maximum Gasteiger partial charge on any atom is 0.416 e. The highest BCUT2D eigenvalue weighted by atomic mass is 32.2. The van der Waals surface area contributed by atoms with Gasteiger partial charge in [-0.2, -0.15) is 24.9 Å². The number of nitrogens with one attached hydrogen (secondary N) is 1. The second kappa shape index (κ2) is 5.97. The van der Waals surface area contributed by atoms with Gasteiger partial charge >= 0.3 is 6.18 Å². The van der Waals surface area contributed by atoms with E-state index in [9.17, 15) is 13.2 Å². The first kappa shape index (κ1) is 13.7. The molecular formula is C13H16F3NS. The monoisotopic (exact) mass is 275 g/mol. The van der Waals surface area contributed by atoms with Crippen LogP contribution in [0.25, 0.3) is 0 Å². The van der Waals surface area contributed by atoms with Gasteiger partial charge in [-0.25, -0.2) is 0 Å². The van der Waals surface area contributed by atoms with Crippen LogP contribution in [0.5, 0.6) is 0 Å². The number of hydrogen-bond donors (Lipinski definition) is 1. The molecule has 1 saturated heterocycles. The molecule has 1 fully saturated rings. The summed E-state index contributed by atoms with van der Waals surface area (Å²) in [5.74, 6) is 3.14. The molecule has 0 amide bonds. The zero-order valence-electron chi connectivity index (χ0n) is 9.96. The summed E-state index contributed by atoms with van der Waals surface area (Å²) in [7, 11) is 0. The van der Waals surface area contributed by atoms with Gasteiger partial charge in [0.1, 0.15) is 0 Å². The van der Waals surface area contributed by atoms with Crippen molar-refractivity contribution >= 4 is 11.8 Å². The molecule has 1 aliphatic heterocycles. The summed E-state index contributed by atoms with van der Waals surface area (Å²) in [5.41, 5.74) is 0.312. The molecule has 0 spiro atoms. The van der Waals surface area contributed by atoms with Gasteiger partial charge in [0, 0.05) is 6.54 Å². The first-order valence-corrected chi connectivity index (χ1v) is 7.16. The SMILES string of the molecule is FC(F)(F)c1ccc(CNCC2CCSC2)cc1. The topological polar surface area (TPSA) is 12.0 Å². The highest BCUT2D eigenvalue weighted by molar-refractivity contribution is 7.99. The minimum absolute atomic E-state index is 0.585. The average molecular weight is 275 g/mol. The van der Waals surface area contributed by atoms with E-state index in [1.54, 1.807) is 12.1 Å². The smallest absolute Gasteiger partial charge is 0.312 e. The predicted octanol–water partition coefficient (Wildman–Crippen LogP) is 3.55. The molecule has 1 aromatic carbocycles. The molecule has 1 nitrogen and oxygen atoms in total. The van der Waals surface area contributed by atoms with Gasteiger partial charge in [0.25, 0.3) is 0 Å². The van der Waals surface area contributed by atoms with Crippen LogP contribution < -0.4 is 5.32 Å². The molecule has 18 heavy (non-hydrogen) atoms. The highest BCUT2D eigenvalue weighted by Crippen LogP contribution is 2.29. The van der Waals surface area contributed by atoms with Crippen LogP contribution in [0, 0.1) is 5.92 Å². The summed E-state index contributed by atoms with van der Waals surface area (Å²) in [5, 5.41) is 3.31. The van der Waals surface area contributed by atoms with Crippen molar-refractivity contribution in [1.82, 2.24) is 5.32 Å². The second-order valence-electron chi connectivity index (χ2n) is 4.56. The van der Waals surface area contributed by atoms with Gasteiger partial charge in [-0.3, -0.25) is 0 Å². The van der Waals surface area contributed by atoms with Crippen LogP contribution >= 0.6 is 11.8 Å². The van der Waals surface area contributed by atoms with Gasteiger partial charge in [0.15, 0.2) is 0 Å². The molecule has 1 heterocycles. The van der Waals surface area contributed by atoms with E-state index in [-0.39, 0.29) is 0 Å². The number of thioether (sulfide) groups is 1. The molecule has 0 radical (unpaired) electrons. The fourth-order valence-electron chi connectivity index (χ4n) is 1.98. The third-order valence-electron chi connectivity index (χ3n) is 3.07. The van der Waals surface area contributed by atoms with Gasteiger partial charge in [-0.05, 0) is 48.1 Å². The van der Waals surface area contributed by atoms with Crippen molar-refractivity contribution in [2.75, 3.05) is 18.1 Å². The van der Waals surface area contributed by atoms with E-state index >= 15 is 0 Å². The Morgan fingerprint density at radius 1 is 1.22 bits per heavy atom. The van der Waals surface area contributed by atoms with Gasteiger partial charge < -0.3 is 5.32 Å². The molecular weight excluding hydrogens is 259 g/mol. The van der Waals surface area contributed by atoms with Crippen molar-refractivity contribution in [3.63, 3.8) is 0 Å². The lowest BCUT2D eigenvalue weighted by molar-refractivity contribution is -0.137. The summed E-state index contributed by atoms with van der Waals surface area (Å²) < 4.78 is 37.1. The number of rotatable bonds is 4. The zero-order valence-corrected chi connectivity index (χ0v) is 10.8. The van der Waals surface area contributed by atoms with Crippen molar-refractivity contribution in [3.05, 3.63) is 35.4 Å². The van der Waals surface area contributed by atoms with Crippen molar-refractivity contribution in [3.8, 4) is 0 Å². The van der Waals surface area contributed by atoms with E-state index in [1.807, 2.05) is 11.8 Å². The van der Waals surface area contributed by atoms with Crippen LogP contribution in [0.15, 0.2) is 24.3 Å². The summed E-state index contributed by atoms with van der Waals surface area (Å²) in [4.78, 5) is 0. The van der Waals surface area contributed by atoms with Crippen LogP contribution in [0.4, 0.5) is 13.2 Å². The summed E-state index contributed by atoms with van der Waals surface area (Å²) in [6, 6.07) is 5.36. The van der Waals surface area contributed by atoms with E-state index in [0.717, 1.165) is 24.2 Å². The maximum atomic E-state index is 12.4. The van der Waals surface area contributed by atoms with Gasteiger partial charge in [-0.1, -0.05) is 12.1 Å². The van der Waals surface area contributed by atoms with Crippen molar-refractivity contribution in [2.45, 2.75) is 19.1 Å². The Balaban J connectivity index is 1.79. The number of alkyl halides is 3. The van der Waals surface area contributed by atoms with Crippen molar-refractivity contribution in [2.24, 2.45) is 5.92 Å². The van der Waals surface area contributed by atoms with E-state index in [2.05, 4.69) is 5.32 Å². The highest BCUT2D eigenvalue weighted by Gasteiger charge is 2.29. The molecule has 2 rings (SSSR count). The normalized spacial score (nSPS) is 20.3. The Bertz CT molecular complexity index is 369. The molecule has 100 valence electrons. The Kier molecular flexibility index (Phi) is 4.56. The Hall–Kier alpha value is -0.680. The molecule has 0 saturated carbocycles. The first-order valence-electron chi connectivity index (χ1n) is 6.00. The molecule has 1 N–H and O–H groups in total. The third kappa shape index (κ3) is 3.92. The summed E-state index contributed by atoms with van der Waals surface area (Å²) in [6.07, 6.45) is -3.00. The standard InChI is InChI=1S/C13H16F3NS/c14-13(15,16)12-3-1-10(2-4-12)7-17-8-11-5-6-18-9-11/h1-4,11,17H,5-9H2. The van der Waals surface area contributed by atoms with Crippen molar-refractivity contribution in [1.29, 1.82) is 0 Å². The van der Waals surface area contributed by atoms with Crippen LogP contribution in [-0.2, 0) is 12.7 Å². The minimum atomic E-state index is -4.24. The molecule has 1 aromatic rings. The average Bonchev–Trinajstić information content (AvgIpc) is 2.82. The van der Waals surface area contributed by atoms with Gasteiger partial charge in [0.05, 0.1) is 5.56 Å². The van der Waals surface area contributed by atoms with Crippen LogP contribution in [-0.4, -0.2) is 18.1 Å². The van der Waals surface area contributed by atoms with Crippen LogP contribution in [0.1, 0.15) is 17.5 Å². The fraction of sp³-hybridized carbons (Fsp3) is 0.538. The molecule has 0 bridgehead atoms. The summed E-state index contributed by atoms with van der Waals surface area (Å²) >= 11 is 1.97. The number of benzene rings is 1. The number of hydrogen-bond acceptors (Lipinski definition) is 2. The lowest BCUT2D eigenvalue weighted by atomic mass is 10.1. The molecule has 5 heteroatoms. The predicted molar refractivity (Wildman–Crippen MR) is 68.6 cm³/mol. The fourth-order valence-corrected chi connectivity index (χ4v) is 3.26. The van der Waals surface area contributed by atoms with E-state index in [1.165, 1.54) is 17.9 Å². The van der Waals surface area contributed by atoms with E-state index < -0.39 is 11.7 Å². The lowest BCUT2D eigenvalue weighted by Crippen LogP contribution is -2.22. The quantitative estimate of drug-likeness (QED) is 0.902. The third-order valence-corrected chi connectivity index (χ3v) is 4.30. The van der Waals surface area contributed by atoms with Crippen molar-refractivity contribution < 1.29 is 13.2 Å². The maximum absolute atomic E-state index is 12.4. The van der Waals surface area contributed by atoms with Crippen LogP contribution in [0.3, 0.4) is 0 Å². The molecule has 1 aliphatic rings. The van der Waals surface area contributed by atoms with Crippen LogP contribution in [0.2, 0.25) is 0 Å². The van der Waals surface area contributed by atoms with E-state index in [4.69, 9.17) is 0 Å².